The Morgan fingerprint density at radius 3 is 2.41 bits per heavy atom. The smallest absolute Gasteiger partial charge is 0.338 e. The van der Waals surface area contributed by atoms with Gasteiger partial charge in [-0.05, 0) is 55.7 Å². The van der Waals surface area contributed by atoms with E-state index >= 15 is 0 Å². The van der Waals surface area contributed by atoms with Crippen LogP contribution in [0.3, 0.4) is 0 Å². The Morgan fingerprint density at radius 2 is 1.74 bits per heavy atom. The average molecular weight is 391 g/mol. The van der Waals surface area contributed by atoms with E-state index < -0.39 is 22.1 Å². The number of esters is 1. The zero-order valence-electron chi connectivity index (χ0n) is 15.1. The van der Waals surface area contributed by atoms with Gasteiger partial charge in [0.2, 0.25) is 10.0 Å². The van der Waals surface area contributed by atoms with Crippen molar-refractivity contribution < 1.29 is 22.3 Å². The van der Waals surface area contributed by atoms with Crippen LogP contribution in [0.15, 0.2) is 53.4 Å². The number of halogens is 1. The average Bonchev–Trinajstić information content (AvgIpc) is 2.69. The highest BCUT2D eigenvalue weighted by Crippen LogP contribution is 2.23. The van der Waals surface area contributed by atoms with Gasteiger partial charge in [-0.1, -0.05) is 24.6 Å². The molecule has 0 amide bonds. The van der Waals surface area contributed by atoms with Crippen LogP contribution in [-0.2, 0) is 14.8 Å². The molecule has 3 rings (SSSR count). The van der Waals surface area contributed by atoms with Crippen LogP contribution >= 0.6 is 0 Å². The Labute approximate surface area is 158 Å². The van der Waals surface area contributed by atoms with E-state index in [-0.39, 0.29) is 16.3 Å². The van der Waals surface area contributed by atoms with Crippen molar-refractivity contribution in [2.45, 2.75) is 37.2 Å². The summed E-state index contributed by atoms with van der Waals surface area (Å²) >= 11 is 0. The van der Waals surface area contributed by atoms with Gasteiger partial charge in [-0.25, -0.2) is 17.6 Å². The van der Waals surface area contributed by atoms with Crippen LogP contribution in [0.5, 0.6) is 0 Å². The first-order valence-corrected chi connectivity index (χ1v) is 10.4. The highest BCUT2D eigenvalue weighted by atomic mass is 32.2. The summed E-state index contributed by atoms with van der Waals surface area (Å²) in [4.78, 5) is 12.5. The minimum atomic E-state index is -3.62. The number of sulfonamides is 1. The van der Waals surface area contributed by atoms with Crippen molar-refractivity contribution in [1.82, 2.24) is 4.31 Å². The number of hydrogen-bond donors (Lipinski definition) is 0. The van der Waals surface area contributed by atoms with Gasteiger partial charge < -0.3 is 4.74 Å². The second-order valence-electron chi connectivity index (χ2n) is 6.59. The summed E-state index contributed by atoms with van der Waals surface area (Å²) in [5.41, 5.74) is 0.823. The van der Waals surface area contributed by atoms with Crippen molar-refractivity contribution in [2.24, 2.45) is 0 Å². The van der Waals surface area contributed by atoms with Gasteiger partial charge in [-0.15, -0.1) is 0 Å². The molecule has 0 aromatic heterocycles. The lowest BCUT2D eigenvalue weighted by atomic mass is 10.1. The Hall–Kier alpha value is -2.25. The van der Waals surface area contributed by atoms with Gasteiger partial charge in [-0.2, -0.15) is 4.31 Å². The number of piperidine rings is 1. The van der Waals surface area contributed by atoms with Crippen LogP contribution in [-0.4, -0.2) is 31.8 Å². The quantitative estimate of drug-likeness (QED) is 0.725. The first-order chi connectivity index (χ1) is 12.9. The first-order valence-electron chi connectivity index (χ1n) is 8.94. The first kappa shape index (κ1) is 19.5. The Kier molecular flexibility index (Phi) is 5.92. The molecule has 5 nitrogen and oxygen atoms in total. The summed E-state index contributed by atoms with van der Waals surface area (Å²) in [6.45, 7) is 2.68. The number of carbonyl (C=O) groups is 1. The van der Waals surface area contributed by atoms with E-state index in [1.807, 2.05) is 0 Å². The molecule has 0 N–H and O–H groups in total. The standard InChI is InChI=1S/C20H22FNO4S/c1-15(16-8-10-18(21)11-9-16)26-20(23)17-6-5-7-19(14-17)27(24,25)22-12-3-2-4-13-22/h5-11,14-15H,2-4,12-13H2,1H3. The number of rotatable bonds is 5. The molecule has 0 radical (unpaired) electrons. The Morgan fingerprint density at radius 1 is 1.07 bits per heavy atom. The predicted molar refractivity (Wildman–Crippen MR) is 99.3 cm³/mol. The highest BCUT2D eigenvalue weighted by Gasteiger charge is 2.26. The van der Waals surface area contributed by atoms with Gasteiger partial charge >= 0.3 is 5.97 Å². The summed E-state index contributed by atoms with van der Waals surface area (Å²) in [5.74, 6) is -0.990. The highest BCUT2D eigenvalue weighted by molar-refractivity contribution is 7.89. The third-order valence-corrected chi connectivity index (χ3v) is 6.54. The molecule has 144 valence electrons. The molecule has 0 spiro atoms. The molecule has 0 saturated carbocycles. The lowest BCUT2D eigenvalue weighted by molar-refractivity contribution is 0.0337. The number of ether oxygens (including phenoxy) is 1. The minimum Gasteiger partial charge on any atom is -0.454 e. The lowest BCUT2D eigenvalue weighted by Crippen LogP contribution is -2.35. The van der Waals surface area contributed by atoms with Crippen molar-refractivity contribution in [3.05, 3.63) is 65.5 Å². The number of carbonyl (C=O) groups excluding carboxylic acids is 1. The Bertz CT molecular complexity index is 906. The van der Waals surface area contributed by atoms with E-state index in [2.05, 4.69) is 0 Å². The molecule has 0 aliphatic carbocycles. The topological polar surface area (TPSA) is 63.7 Å². The van der Waals surface area contributed by atoms with E-state index in [1.165, 1.54) is 40.7 Å². The molecule has 2 aromatic rings. The molecule has 2 aromatic carbocycles. The van der Waals surface area contributed by atoms with Crippen LogP contribution in [0, 0.1) is 5.82 Å². The molecule has 1 saturated heterocycles. The van der Waals surface area contributed by atoms with Gasteiger partial charge in [0.15, 0.2) is 0 Å². The fraction of sp³-hybridized carbons (Fsp3) is 0.350. The van der Waals surface area contributed by atoms with Gasteiger partial charge in [0.05, 0.1) is 10.5 Å². The lowest BCUT2D eigenvalue weighted by Gasteiger charge is -2.26. The number of nitrogens with zero attached hydrogens (tertiary/aromatic N) is 1. The van der Waals surface area contributed by atoms with Gasteiger partial charge in [-0.3, -0.25) is 0 Å². The molecule has 1 aliphatic heterocycles. The summed E-state index contributed by atoms with van der Waals surface area (Å²) < 4.78 is 45.4. The third kappa shape index (κ3) is 4.54. The van der Waals surface area contributed by atoms with Crippen LogP contribution in [0.1, 0.15) is 48.2 Å². The van der Waals surface area contributed by atoms with Gasteiger partial charge in [0.1, 0.15) is 11.9 Å². The SMILES string of the molecule is CC(OC(=O)c1cccc(S(=O)(=O)N2CCCCC2)c1)c1ccc(F)cc1. The third-order valence-electron chi connectivity index (χ3n) is 4.65. The van der Waals surface area contributed by atoms with Crippen LogP contribution in [0.4, 0.5) is 4.39 Å². The van der Waals surface area contributed by atoms with E-state index in [9.17, 15) is 17.6 Å². The number of hydrogen-bond acceptors (Lipinski definition) is 4. The van der Waals surface area contributed by atoms with Crippen LogP contribution in [0.2, 0.25) is 0 Å². The molecule has 1 aliphatic rings. The molecule has 27 heavy (non-hydrogen) atoms. The minimum absolute atomic E-state index is 0.0910. The zero-order chi connectivity index (χ0) is 19.4. The van der Waals surface area contributed by atoms with E-state index in [4.69, 9.17) is 4.74 Å². The zero-order valence-corrected chi connectivity index (χ0v) is 15.9. The predicted octanol–water partition coefficient (Wildman–Crippen LogP) is 3.92. The van der Waals surface area contributed by atoms with Crippen molar-refractivity contribution in [3.63, 3.8) is 0 Å². The molecule has 1 heterocycles. The maximum absolute atomic E-state index is 13.0. The second-order valence-corrected chi connectivity index (χ2v) is 8.53. The van der Waals surface area contributed by atoms with Gasteiger partial charge in [0, 0.05) is 13.1 Å². The summed E-state index contributed by atoms with van der Waals surface area (Å²) in [6.07, 6.45) is 2.13. The van der Waals surface area contributed by atoms with E-state index in [1.54, 1.807) is 19.1 Å². The largest absolute Gasteiger partial charge is 0.454 e. The Balaban J connectivity index is 1.76. The molecule has 0 bridgehead atoms. The molecular weight excluding hydrogens is 369 g/mol. The van der Waals surface area contributed by atoms with Crippen molar-refractivity contribution in [3.8, 4) is 0 Å². The van der Waals surface area contributed by atoms with Crippen LogP contribution in [0.25, 0.3) is 0 Å². The van der Waals surface area contributed by atoms with E-state index in [0.29, 0.717) is 18.7 Å². The summed E-state index contributed by atoms with van der Waals surface area (Å²) in [5, 5.41) is 0. The van der Waals surface area contributed by atoms with E-state index in [0.717, 1.165) is 19.3 Å². The fourth-order valence-electron chi connectivity index (χ4n) is 3.07. The maximum Gasteiger partial charge on any atom is 0.338 e. The monoisotopic (exact) mass is 391 g/mol. The maximum atomic E-state index is 13.0. The molecule has 1 unspecified atom stereocenters. The van der Waals surface area contributed by atoms with Crippen molar-refractivity contribution in [2.75, 3.05) is 13.1 Å². The molecule has 1 atom stereocenters. The number of benzene rings is 2. The normalized spacial score (nSPS) is 16.7. The molecule has 1 fully saturated rings. The summed E-state index contributed by atoms with van der Waals surface area (Å²) in [6, 6.07) is 11.6. The van der Waals surface area contributed by atoms with Crippen LogP contribution < -0.4 is 0 Å². The van der Waals surface area contributed by atoms with Crippen molar-refractivity contribution >= 4 is 16.0 Å². The molecule has 7 heteroatoms. The van der Waals surface area contributed by atoms with Crippen molar-refractivity contribution in [1.29, 1.82) is 0 Å². The molecular formula is C20H22FNO4S. The second kappa shape index (κ2) is 8.19. The summed E-state index contributed by atoms with van der Waals surface area (Å²) in [7, 11) is -3.62. The van der Waals surface area contributed by atoms with Gasteiger partial charge in [0.25, 0.3) is 0 Å². The fourth-order valence-corrected chi connectivity index (χ4v) is 4.63.